The Bertz CT molecular complexity index is 819. The zero-order valence-corrected chi connectivity index (χ0v) is 14.6. The molecule has 7 nitrogen and oxygen atoms in total. The van der Waals surface area contributed by atoms with Crippen LogP contribution in [0.3, 0.4) is 0 Å². The van der Waals surface area contributed by atoms with Gasteiger partial charge in [-0.3, -0.25) is 9.59 Å². The average molecular weight is 330 g/mol. The summed E-state index contributed by atoms with van der Waals surface area (Å²) in [5.74, 6) is -0.171. The van der Waals surface area contributed by atoms with Crippen LogP contribution in [-0.4, -0.2) is 45.0 Å². The molecule has 1 fully saturated rings. The largest absolute Gasteiger partial charge is 0.347 e. The molecule has 1 aliphatic heterocycles. The standard InChI is InChI=1S/C17H22N4O3/c1-9-6-12(14-10(2)20-24-16(14)18-9)15(23)19-11-7-13(22)21(8-11)17(3,4)5/h6,11H,7-8H2,1-5H3,(H,19,23). The lowest BCUT2D eigenvalue weighted by Gasteiger charge is -2.32. The van der Waals surface area contributed by atoms with Gasteiger partial charge in [-0.1, -0.05) is 5.16 Å². The summed E-state index contributed by atoms with van der Waals surface area (Å²) in [5, 5.41) is 7.47. The molecule has 24 heavy (non-hydrogen) atoms. The molecule has 1 unspecified atom stereocenters. The van der Waals surface area contributed by atoms with E-state index in [9.17, 15) is 9.59 Å². The molecule has 1 atom stereocenters. The van der Waals surface area contributed by atoms with Gasteiger partial charge in [0.2, 0.25) is 5.91 Å². The molecule has 1 N–H and O–H groups in total. The molecular weight excluding hydrogens is 308 g/mol. The second-order valence-electron chi connectivity index (χ2n) is 7.31. The molecule has 2 aromatic heterocycles. The lowest BCUT2D eigenvalue weighted by molar-refractivity contribution is -0.131. The number of likely N-dealkylation sites (tertiary alicyclic amines) is 1. The van der Waals surface area contributed by atoms with Crippen LogP contribution in [0, 0.1) is 13.8 Å². The maximum absolute atomic E-state index is 12.7. The predicted molar refractivity (Wildman–Crippen MR) is 88.6 cm³/mol. The van der Waals surface area contributed by atoms with Gasteiger partial charge in [-0.2, -0.15) is 0 Å². The van der Waals surface area contributed by atoms with Crippen LogP contribution in [0.2, 0.25) is 0 Å². The third-order valence-electron chi connectivity index (χ3n) is 4.26. The summed E-state index contributed by atoms with van der Waals surface area (Å²) in [4.78, 5) is 31.0. The van der Waals surface area contributed by atoms with Crippen LogP contribution in [0.5, 0.6) is 0 Å². The average Bonchev–Trinajstić information content (AvgIpc) is 3.01. The second-order valence-corrected chi connectivity index (χ2v) is 7.31. The molecule has 2 amide bonds. The number of fused-ring (bicyclic) bond motifs is 1. The van der Waals surface area contributed by atoms with E-state index in [1.165, 1.54) is 0 Å². The van der Waals surface area contributed by atoms with Gasteiger partial charge in [0.15, 0.2) is 0 Å². The van der Waals surface area contributed by atoms with Crippen molar-refractivity contribution in [1.82, 2.24) is 20.4 Å². The number of aryl methyl sites for hydroxylation is 2. The normalized spacial score (nSPS) is 18.5. The molecule has 1 aliphatic rings. The van der Waals surface area contributed by atoms with Crippen LogP contribution in [0.25, 0.3) is 11.1 Å². The van der Waals surface area contributed by atoms with Crippen molar-refractivity contribution in [1.29, 1.82) is 0 Å². The van der Waals surface area contributed by atoms with Crippen molar-refractivity contribution >= 4 is 22.9 Å². The van der Waals surface area contributed by atoms with Crippen molar-refractivity contribution < 1.29 is 14.1 Å². The number of nitrogens with zero attached hydrogens (tertiary/aromatic N) is 3. The summed E-state index contributed by atoms with van der Waals surface area (Å²) in [5.41, 5.74) is 1.90. The number of carbonyl (C=O) groups excluding carboxylic acids is 2. The number of rotatable bonds is 2. The Labute approximate surface area is 140 Å². The number of hydrogen-bond acceptors (Lipinski definition) is 5. The van der Waals surface area contributed by atoms with Gasteiger partial charge in [-0.15, -0.1) is 0 Å². The minimum Gasteiger partial charge on any atom is -0.347 e. The number of pyridine rings is 1. The Morgan fingerprint density at radius 3 is 2.71 bits per heavy atom. The predicted octanol–water partition coefficient (Wildman–Crippen LogP) is 1.97. The molecule has 7 heteroatoms. The summed E-state index contributed by atoms with van der Waals surface area (Å²) >= 11 is 0. The van der Waals surface area contributed by atoms with Gasteiger partial charge in [0.1, 0.15) is 0 Å². The lowest BCUT2D eigenvalue weighted by Crippen LogP contribution is -2.44. The molecule has 3 heterocycles. The van der Waals surface area contributed by atoms with Gasteiger partial charge in [0.05, 0.1) is 22.7 Å². The van der Waals surface area contributed by atoms with Crippen LogP contribution in [0.15, 0.2) is 10.6 Å². The van der Waals surface area contributed by atoms with Crippen molar-refractivity contribution in [3.05, 3.63) is 23.0 Å². The van der Waals surface area contributed by atoms with Crippen molar-refractivity contribution in [3.8, 4) is 0 Å². The Morgan fingerprint density at radius 1 is 1.38 bits per heavy atom. The van der Waals surface area contributed by atoms with Gasteiger partial charge in [0, 0.05) is 24.2 Å². The Hall–Kier alpha value is -2.44. The summed E-state index contributed by atoms with van der Waals surface area (Å²) < 4.78 is 5.17. The fourth-order valence-electron chi connectivity index (χ4n) is 3.11. The topological polar surface area (TPSA) is 88.3 Å². The van der Waals surface area contributed by atoms with E-state index in [-0.39, 0.29) is 23.4 Å². The number of nitrogens with one attached hydrogen (secondary N) is 1. The van der Waals surface area contributed by atoms with E-state index in [0.717, 1.165) is 0 Å². The number of amides is 2. The maximum atomic E-state index is 12.7. The molecule has 3 rings (SSSR count). The van der Waals surface area contributed by atoms with E-state index in [1.54, 1.807) is 24.8 Å². The van der Waals surface area contributed by atoms with Crippen LogP contribution in [0.4, 0.5) is 0 Å². The summed E-state index contributed by atoms with van der Waals surface area (Å²) in [6.07, 6.45) is 0.318. The van der Waals surface area contributed by atoms with Crippen LogP contribution in [-0.2, 0) is 4.79 Å². The number of carbonyl (C=O) groups is 2. The van der Waals surface area contributed by atoms with Crippen molar-refractivity contribution in [3.63, 3.8) is 0 Å². The fourth-order valence-corrected chi connectivity index (χ4v) is 3.11. The highest BCUT2D eigenvalue weighted by molar-refractivity contribution is 6.06. The summed E-state index contributed by atoms with van der Waals surface area (Å²) in [6, 6.07) is 1.52. The van der Waals surface area contributed by atoms with E-state index >= 15 is 0 Å². The third-order valence-corrected chi connectivity index (χ3v) is 4.26. The Balaban J connectivity index is 1.84. The van der Waals surface area contributed by atoms with Crippen LogP contribution >= 0.6 is 0 Å². The van der Waals surface area contributed by atoms with Crippen LogP contribution < -0.4 is 5.32 Å². The molecule has 0 saturated carbocycles. The molecule has 0 spiro atoms. The smallest absolute Gasteiger partial charge is 0.258 e. The van der Waals surface area contributed by atoms with E-state index in [4.69, 9.17) is 4.52 Å². The SMILES string of the molecule is Cc1cc(C(=O)NC2CC(=O)N(C(C)(C)C)C2)c2c(C)noc2n1. The van der Waals surface area contributed by atoms with E-state index in [2.05, 4.69) is 15.5 Å². The molecule has 0 aliphatic carbocycles. The lowest BCUT2D eigenvalue weighted by atomic mass is 10.1. The first-order valence-electron chi connectivity index (χ1n) is 8.02. The minimum atomic E-state index is -0.248. The van der Waals surface area contributed by atoms with Gasteiger partial charge in [0.25, 0.3) is 11.6 Å². The zero-order valence-electron chi connectivity index (χ0n) is 14.6. The van der Waals surface area contributed by atoms with Crippen LogP contribution in [0.1, 0.15) is 48.9 Å². The number of aromatic nitrogens is 2. The van der Waals surface area contributed by atoms with Gasteiger partial charge < -0.3 is 14.7 Å². The quantitative estimate of drug-likeness (QED) is 0.909. The zero-order chi connectivity index (χ0) is 17.6. The van der Waals surface area contributed by atoms with Crippen molar-refractivity contribution in [2.24, 2.45) is 0 Å². The molecule has 1 saturated heterocycles. The van der Waals surface area contributed by atoms with Crippen molar-refractivity contribution in [2.75, 3.05) is 6.54 Å². The molecular formula is C17H22N4O3. The Kier molecular flexibility index (Phi) is 3.81. The van der Waals surface area contributed by atoms with E-state index in [1.807, 2.05) is 20.8 Å². The summed E-state index contributed by atoms with van der Waals surface area (Å²) in [7, 11) is 0. The van der Waals surface area contributed by atoms with Gasteiger partial charge in [-0.05, 0) is 40.7 Å². The first kappa shape index (κ1) is 16.4. The van der Waals surface area contributed by atoms with Crippen molar-refractivity contribution in [2.45, 2.75) is 52.6 Å². The third kappa shape index (κ3) is 2.86. The van der Waals surface area contributed by atoms with E-state index < -0.39 is 0 Å². The first-order chi connectivity index (χ1) is 11.2. The highest BCUT2D eigenvalue weighted by atomic mass is 16.5. The fraction of sp³-hybridized carbons (Fsp3) is 0.529. The molecule has 128 valence electrons. The molecule has 0 aromatic carbocycles. The Morgan fingerprint density at radius 2 is 2.08 bits per heavy atom. The molecule has 2 aromatic rings. The molecule has 0 bridgehead atoms. The molecule has 0 radical (unpaired) electrons. The summed E-state index contributed by atoms with van der Waals surface area (Å²) in [6.45, 7) is 10.1. The monoisotopic (exact) mass is 330 g/mol. The van der Waals surface area contributed by atoms with Gasteiger partial charge in [-0.25, -0.2) is 4.98 Å². The number of hydrogen-bond donors (Lipinski definition) is 1. The maximum Gasteiger partial charge on any atom is 0.258 e. The highest BCUT2D eigenvalue weighted by Crippen LogP contribution is 2.24. The van der Waals surface area contributed by atoms with Gasteiger partial charge >= 0.3 is 0 Å². The second kappa shape index (κ2) is 5.58. The minimum absolute atomic E-state index is 0.0602. The van der Waals surface area contributed by atoms with E-state index in [0.29, 0.717) is 41.0 Å². The highest BCUT2D eigenvalue weighted by Gasteiger charge is 2.37. The first-order valence-corrected chi connectivity index (χ1v) is 8.02.